The number of benzene rings is 1. The summed E-state index contributed by atoms with van der Waals surface area (Å²) in [5.74, 6) is 1.56. The molecule has 0 amide bonds. The van der Waals surface area contributed by atoms with E-state index in [-0.39, 0.29) is 0 Å². The van der Waals surface area contributed by atoms with Crippen molar-refractivity contribution < 1.29 is 4.74 Å². The van der Waals surface area contributed by atoms with Gasteiger partial charge in [0, 0.05) is 12.3 Å². The monoisotopic (exact) mass is 208 g/mol. The molecule has 1 aromatic rings. The summed E-state index contributed by atoms with van der Waals surface area (Å²) in [7, 11) is 0. The lowest BCUT2D eigenvalue weighted by atomic mass is 9.98. The Bertz CT molecular complexity index is 394. The number of fused-ring (bicyclic) bond motifs is 1. The molecule has 0 aromatic heterocycles. The van der Waals surface area contributed by atoms with E-state index in [1.54, 1.807) is 6.26 Å². The molecule has 14 heavy (non-hydrogen) atoms. The van der Waals surface area contributed by atoms with Crippen LogP contribution in [0.3, 0.4) is 0 Å². The fraction of sp³-hybridized carbons (Fsp3) is 0.333. The van der Waals surface area contributed by atoms with Crippen LogP contribution >= 0.6 is 11.6 Å². The quantitative estimate of drug-likeness (QED) is 0.643. The zero-order chi connectivity index (χ0) is 10.1. The second-order valence-electron chi connectivity index (χ2n) is 3.70. The molecule has 0 fully saturated rings. The number of hydrogen-bond acceptors (Lipinski definition) is 1. The van der Waals surface area contributed by atoms with Gasteiger partial charge in [0.25, 0.3) is 0 Å². The van der Waals surface area contributed by atoms with Crippen LogP contribution in [0, 0.1) is 13.8 Å². The van der Waals surface area contributed by atoms with Crippen LogP contribution in [0.15, 0.2) is 24.0 Å². The van der Waals surface area contributed by atoms with Crippen LogP contribution < -0.4 is 4.74 Å². The minimum Gasteiger partial charge on any atom is -0.464 e. The number of rotatable bonds is 1. The van der Waals surface area contributed by atoms with E-state index in [9.17, 15) is 0 Å². The number of allylic oxidation sites excluding steroid dienone is 1. The fourth-order valence-electron chi connectivity index (χ4n) is 1.66. The first-order valence-corrected chi connectivity index (χ1v) is 5.25. The molecule has 74 valence electrons. The largest absolute Gasteiger partial charge is 0.464 e. The van der Waals surface area contributed by atoms with Crippen molar-refractivity contribution in [3.05, 3.63) is 40.7 Å². The van der Waals surface area contributed by atoms with Crippen LogP contribution in [0.2, 0.25) is 0 Å². The smallest absolute Gasteiger partial charge is 0.133 e. The number of halogens is 1. The lowest BCUT2D eigenvalue weighted by Crippen LogP contribution is -2.06. The van der Waals surface area contributed by atoms with Crippen molar-refractivity contribution in [2.75, 3.05) is 5.88 Å². The van der Waals surface area contributed by atoms with Crippen molar-refractivity contribution in [1.82, 2.24) is 0 Å². The first kappa shape index (κ1) is 9.60. The molecule has 0 radical (unpaired) electrons. The highest BCUT2D eigenvalue weighted by molar-refractivity contribution is 6.19. The van der Waals surface area contributed by atoms with E-state index in [4.69, 9.17) is 16.3 Å². The highest BCUT2D eigenvalue weighted by atomic mass is 35.5. The molecule has 0 bridgehead atoms. The van der Waals surface area contributed by atoms with Gasteiger partial charge in [-0.2, -0.15) is 0 Å². The van der Waals surface area contributed by atoms with Gasteiger partial charge < -0.3 is 4.74 Å². The summed E-state index contributed by atoms with van der Waals surface area (Å²) in [6.45, 7) is 4.19. The predicted molar refractivity (Wildman–Crippen MR) is 59.1 cm³/mol. The van der Waals surface area contributed by atoms with E-state index in [0.29, 0.717) is 5.88 Å². The molecule has 2 rings (SSSR count). The number of alkyl halides is 1. The third-order valence-corrected chi connectivity index (χ3v) is 3.03. The van der Waals surface area contributed by atoms with E-state index in [2.05, 4.69) is 26.0 Å². The Morgan fingerprint density at radius 3 is 2.86 bits per heavy atom. The highest BCUT2D eigenvalue weighted by Crippen LogP contribution is 2.31. The Balaban J connectivity index is 2.42. The molecule has 0 atom stereocenters. The Morgan fingerprint density at radius 2 is 2.14 bits per heavy atom. The highest BCUT2D eigenvalue weighted by Gasteiger charge is 2.14. The van der Waals surface area contributed by atoms with Gasteiger partial charge in [-0.05, 0) is 36.1 Å². The molecule has 0 spiro atoms. The van der Waals surface area contributed by atoms with Crippen molar-refractivity contribution in [2.24, 2.45) is 0 Å². The molecule has 1 aliphatic heterocycles. The van der Waals surface area contributed by atoms with Gasteiger partial charge in [-0.25, -0.2) is 0 Å². The Kier molecular flexibility index (Phi) is 2.51. The van der Waals surface area contributed by atoms with E-state index < -0.39 is 0 Å². The Hall–Kier alpha value is -0.950. The third-order valence-electron chi connectivity index (χ3n) is 2.69. The summed E-state index contributed by atoms with van der Waals surface area (Å²) in [5, 5.41) is 0. The topological polar surface area (TPSA) is 9.23 Å². The third kappa shape index (κ3) is 1.53. The SMILES string of the molecule is Cc1ccc2c(c1C)OC=C(CCl)C2. The van der Waals surface area contributed by atoms with E-state index in [1.165, 1.54) is 16.7 Å². The van der Waals surface area contributed by atoms with Gasteiger partial charge in [0.15, 0.2) is 0 Å². The van der Waals surface area contributed by atoms with Crippen molar-refractivity contribution in [1.29, 1.82) is 0 Å². The van der Waals surface area contributed by atoms with Crippen molar-refractivity contribution >= 4 is 11.6 Å². The maximum atomic E-state index is 5.77. The molecule has 0 N–H and O–H groups in total. The van der Waals surface area contributed by atoms with Gasteiger partial charge in [-0.15, -0.1) is 11.6 Å². The number of hydrogen-bond donors (Lipinski definition) is 0. The number of aryl methyl sites for hydroxylation is 1. The molecular weight excluding hydrogens is 196 g/mol. The second kappa shape index (κ2) is 3.66. The maximum absolute atomic E-state index is 5.77. The summed E-state index contributed by atoms with van der Waals surface area (Å²) < 4.78 is 5.59. The summed E-state index contributed by atoms with van der Waals surface area (Å²) in [6, 6.07) is 4.26. The molecule has 1 aliphatic rings. The molecular formula is C12H13ClO. The van der Waals surface area contributed by atoms with Crippen LogP contribution in [-0.2, 0) is 6.42 Å². The van der Waals surface area contributed by atoms with E-state index in [0.717, 1.165) is 17.7 Å². The van der Waals surface area contributed by atoms with Crippen LogP contribution in [0.25, 0.3) is 0 Å². The summed E-state index contributed by atoms with van der Waals surface area (Å²) in [6.07, 6.45) is 2.70. The van der Waals surface area contributed by atoms with Gasteiger partial charge >= 0.3 is 0 Å². The minimum atomic E-state index is 0.548. The fourth-order valence-corrected chi connectivity index (χ4v) is 1.81. The molecule has 1 nitrogen and oxygen atoms in total. The summed E-state index contributed by atoms with van der Waals surface area (Å²) >= 11 is 5.77. The van der Waals surface area contributed by atoms with Gasteiger partial charge in [0.2, 0.25) is 0 Å². The first-order valence-electron chi connectivity index (χ1n) is 4.72. The Labute approximate surface area is 89.3 Å². The van der Waals surface area contributed by atoms with Crippen LogP contribution in [0.5, 0.6) is 5.75 Å². The lowest BCUT2D eigenvalue weighted by molar-refractivity contribution is 0.453. The molecule has 0 unspecified atom stereocenters. The van der Waals surface area contributed by atoms with Crippen LogP contribution in [-0.4, -0.2) is 5.88 Å². The zero-order valence-corrected chi connectivity index (χ0v) is 9.19. The van der Waals surface area contributed by atoms with E-state index >= 15 is 0 Å². The molecule has 1 aromatic carbocycles. The normalized spacial score (nSPS) is 14.4. The predicted octanol–water partition coefficient (Wildman–Crippen LogP) is 3.36. The van der Waals surface area contributed by atoms with Crippen LogP contribution in [0.1, 0.15) is 16.7 Å². The number of ether oxygens (including phenoxy) is 1. The average Bonchev–Trinajstić information content (AvgIpc) is 2.23. The second-order valence-corrected chi connectivity index (χ2v) is 3.97. The first-order chi connectivity index (χ1) is 6.72. The molecule has 1 heterocycles. The summed E-state index contributed by atoms with van der Waals surface area (Å²) in [4.78, 5) is 0. The standard InChI is InChI=1S/C12H13ClO/c1-8-3-4-11-5-10(6-13)7-14-12(11)9(8)2/h3-4,7H,5-6H2,1-2H3. The maximum Gasteiger partial charge on any atom is 0.133 e. The van der Waals surface area contributed by atoms with Gasteiger partial charge in [0.1, 0.15) is 5.75 Å². The average molecular weight is 209 g/mol. The van der Waals surface area contributed by atoms with Gasteiger partial charge in [0.05, 0.1) is 6.26 Å². The molecule has 0 aliphatic carbocycles. The van der Waals surface area contributed by atoms with Crippen LogP contribution in [0.4, 0.5) is 0 Å². The molecule has 0 saturated carbocycles. The zero-order valence-electron chi connectivity index (χ0n) is 8.43. The van der Waals surface area contributed by atoms with Gasteiger partial charge in [-0.1, -0.05) is 12.1 Å². The van der Waals surface area contributed by atoms with Crippen molar-refractivity contribution in [3.63, 3.8) is 0 Å². The lowest BCUT2D eigenvalue weighted by Gasteiger charge is -2.19. The molecule has 2 heteroatoms. The summed E-state index contributed by atoms with van der Waals surface area (Å²) in [5.41, 5.74) is 4.88. The minimum absolute atomic E-state index is 0.548. The van der Waals surface area contributed by atoms with E-state index in [1.807, 2.05) is 0 Å². The van der Waals surface area contributed by atoms with Gasteiger partial charge in [-0.3, -0.25) is 0 Å². The molecule has 0 saturated heterocycles. The van der Waals surface area contributed by atoms with Crippen molar-refractivity contribution in [2.45, 2.75) is 20.3 Å². The Morgan fingerprint density at radius 1 is 1.36 bits per heavy atom. The van der Waals surface area contributed by atoms with Crippen molar-refractivity contribution in [3.8, 4) is 5.75 Å².